The number of hydrogen-bond donors (Lipinski definition) is 10. The first kappa shape index (κ1) is 41.5. The van der Waals surface area contributed by atoms with Gasteiger partial charge in [0.15, 0.2) is 5.96 Å². The summed E-state index contributed by atoms with van der Waals surface area (Å²) in [5, 5.41) is 31.6. The number of aliphatic carboxylic acids is 1. The summed E-state index contributed by atoms with van der Waals surface area (Å²) in [6, 6.07) is 10.4. The van der Waals surface area contributed by atoms with Gasteiger partial charge in [-0.05, 0) is 54.9 Å². The minimum Gasteiger partial charge on any atom is -0.508 e. The summed E-state index contributed by atoms with van der Waals surface area (Å²) in [6.45, 7) is 2.84. The zero-order chi connectivity index (χ0) is 37.9. The Hall–Kier alpha value is -5.71. The number of carbonyl (C=O) groups is 6. The number of hydrogen-bond acceptors (Lipinski definition) is 9. The highest BCUT2D eigenvalue weighted by Gasteiger charge is 2.30. The fourth-order valence-electron chi connectivity index (χ4n) is 4.83. The number of aliphatic imine (C=N–C) groups is 1. The van der Waals surface area contributed by atoms with Gasteiger partial charge >= 0.3 is 5.97 Å². The number of phenolic OH excluding ortho intramolecular Hbond substituents is 1. The van der Waals surface area contributed by atoms with Crippen molar-refractivity contribution in [1.82, 2.24) is 26.6 Å². The van der Waals surface area contributed by atoms with Crippen LogP contribution in [0.2, 0.25) is 0 Å². The Balaban J connectivity index is 2.02. The van der Waals surface area contributed by atoms with Gasteiger partial charge in [0.05, 0.1) is 19.1 Å². The van der Waals surface area contributed by atoms with Crippen molar-refractivity contribution in [2.24, 2.45) is 28.1 Å². The number of rotatable bonds is 21. The number of guanidine groups is 1. The number of carbonyl (C=O) groups excluding carboxylic acids is 5. The first-order valence-electron chi connectivity index (χ1n) is 16.4. The standard InChI is InChI=1S/C34H49N9O8/c1-20(2)15-26(31(48)42-25(33(50)51)9-6-14-38-34(36)37)43-32(49)27(17-21-7-4-3-5-8-21)41-29(46)19-39-28(45)18-40-30(47)24(35)16-22-10-12-23(44)13-11-22/h3-5,7-8,10-13,20,24-27,44H,6,9,14-19,35H2,1-2H3,(H,39,45)(H,40,47)(H,41,46)(H,42,48)(H,43,49)(H,50,51)(H4,36,37,38)/t24-,25-,26+,27+/m1/s1. The molecule has 0 bridgehead atoms. The average Bonchev–Trinajstić information content (AvgIpc) is 3.07. The maximum atomic E-state index is 13.6. The first-order valence-corrected chi connectivity index (χ1v) is 16.4. The number of carboxylic acid groups (broad SMARTS) is 1. The lowest BCUT2D eigenvalue weighted by Gasteiger charge is -2.25. The van der Waals surface area contributed by atoms with Gasteiger partial charge in [0.25, 0.3) is 0 Å². The van der Waals surface area contributed by atoms with E-state index in [-0.39, 0.29) is 56.3 Å². The maximum absolute atomic E-state index is 13.6. The van der Waals surface area contributed by atoms with Crippen LogP contribution < -0.4 is 43.8 Å². The second-order valence-corrected chi connectivity index (χ2v) is 12.3. The smallest absolute Gasteiger partial charge is 0.326 e. The number of nitrogens with one attached hydrogen (secondary N) is 5. The Bertz CT molecular complexity index is 1500. The number of benzene rings is 2. The van der Waals surface area contributed by atoms with Crippen LogP contribution >= 0.6 is 0 Å². The number of nitrogens with zero attached hydrogens (tertiary/aromatic N) is 1. The molecule has 2 aromatic rings. The van der Waals surface area contributed by atoms with Crippen molar-refractivity contribution in [3.63, 3.8) is 0 Å². The van der Waals surface area contributed by atoms with Crippen LogP contribution in [0.1, 0.15) is 44.2 Å². The third kappa shape index (κ3) is 16.5. The van der Waals surface area contributed by atoms with Gasteiger partial charge in [-0.25, -0.2) is 4.79 Å². The van der Waals surface area contributed by atoms with Crippen LogP contribution in [-0.4, -0.2) is 95.5 Å². The molecule has 278 valence electrons. The van der Waals surface area contributed by atoms with E-state index in [0.717, 1.165) is 0 Å². The van der Waals surface area contributed by atoms with Gasteiger partial charge < -0.3 is 54.0 Å². The lowest BCUT2D eigenvalue weighted by molar-refractivity contribution is -0.142. The zero-order valence-electron chi connectivity index (χ0n) is 28.8. The fraction of sp³-hybridized carbons (Fsp3) is 0.441. The van der Waals surface area contributed by atoms with E-state index < -0.39 is 72.8 Å². The van der Waals surface area contributed by atoms with Crippen molar-refractivity contribution in [2.45, 2.75) is 70.1 Å². The second-order valence-electron chi connectivity index (χ2n) is 12.3. The molecule has 0 aliphatic carbocycles. The predicted molar refractivity (Wildman–Crippen MR) is 189 cm³/mol. The molecule has 0 aliphatic heterocycles. The van der Waals surface area contributed by atoms with Gasteiger partial charge in [-0.2, -0.15) is 0 Å². The summed E-state index contributed by atoms with van der Waals surface area (Å²) >= 11 is 0. The quantitative estimate of drug-likeness (QED) is 0.0399. The van der Waals surface area contributed by atoms with Crippen molar-refractivity contribution < 1.29 is 39.0 Å². The van der Waals surface area contributed by atoms with Gasteiger partial charge in [-0.1, -0.05) is 56.3 Å². The largest absolute Gasteiger partial charge is 0.508 e. The Morgan fingerprint density at radius 1 is 0.725 bits per heavy atom. The summed E-state index contributed by atoms with van der Waals surface area (Å²) in [5.41, 5.74) is 17.9. The van der Waals surface area contributed by atoms with Crippen molar-refractivity contribution in [3.05, 3.63) is 65.7 Å². The molecule has 0 saturated carbocycles. The number of aromatic hydroxyl groups is 1. The SMILES string of the molecule is CC(C)C[C@H](NC(=O)[C@H](Cc1ccccc1)NC(=O)CNC(=O)CNC(=O)[C@H](N)Cc1ccc(O)cc1)C(=O)N[C@H](CCCN=C(N)N)C(=O)O. The summed E-state index contributed by atoms with van der Waals surface area (Å²) in [7, 11) is 0. The highest BCUT2D eigenvalue weighted by atomic mass is 16.4. The molecule has 0 heterocycles. The van der Waals surface area contributed by atoms with E-state index in [9.17, 15) is 39.0 Å². The average molecular weight is 712 g/mol. The van der Waals surface area contributed by atoms with Gasteiger partial charge in [0, 0.05) is 13.0 Å². The van der Waals surface area contributed by atoms with E-state index in [1.54, 1.807) is 42.5 Å². The van der Waals surface area contributed by atoms with Gasteiger partial charge in [0.1, 0.15) is 23.9 Å². The summed E-state index contributed by atoms with van der Waals surface area (Å²) in [5.74, 6) is -4.82. The molecule has 0 aliphatic rings. The van der Waals surface area contributed by atoms with Crippen LogP contribution in [0.15, 0.2) is 59.6 Å². The fourth-order valence-corrected chi connectivity index (χ4v) is 4.83. The van der Waals surface area contributed by atoms with Crippen LogP contribution in [0, 0.1) is 5.92 Å². The molecule has 2 aromatic carbocycles. The molecule has 5 amide bonds. The maximum Gasteiger partial charge on any atom is 0.326 e. The summed E-state index contributed by atoms with van der Waals surface area (Å²) in [6.07, 6.45) is 0.694. The molecule has 0 radical (unpaired) electrons. The van der Waals surface area contributed by atoms with Crippen molar-refractivity contribution in [3.8, 4) is 5.75 Å². The van der Waals surface area contributed by atoms with Gasteiger partial charge in [-0.15, -0.1) is 0 Å². The minimum absolute atomic E-state index is 0.0366. The molecule has 0 fully saturated rings. The van der Waals surface area contributed by atoms with Crippen LogP contribution in [0.4, 0.5) is 0 Å². The molecule has 0 spiro atoms. The highest BCUT2D eigenvalue weighted by Crippen LogP contribution is 2.11. The minimum atomic E-state index is -1.27. The summed E-state index contributed by atoms with van der Waals surface area (Å²) < 4.78 is 0. The Morgan fingerprint density at radius 2 is 1.31 bits per heavy atom. The zero-order valence-corrected chi connectivity index (χ0v) is 28.8. The van der Waals surface area contributed by atoms with E-state index >= 15 is 0 Å². The number of carboxylic acids is 1. The molecular weight excluding hydrogens is 662 g/mol. The normalized spacial score (nSPS) is 13.1. The monoisotopic (exact) mass is 711 g/mol. The molecule has 13 N–H and O–H groups in total. The molecular formula is C34H49N9O8. The van der Waals surface area contributed by atoms with Crippen molar-refractivity contribution in [2.75, 3.05) is 19.6 Å². The Morgan fingerprint density at radius 3 is 1.92 bits per heavy atom. The van der Waals surface area contributed by atoms with Crippen LogP contribution in [0.3, 0.4) is 0 Å². The number of phenols is 1. The van der Waals surface area contributed by atoms with Gasteiger partial charge in [0.2, 0.25) is 29.5 Å². The molecule has 0 aromatic heterocycles. The topological polar surface area (TPSA) is 293 Å². The number of amides is 5. The molecule has 17 nitrogen and oxygen atoms in total. The van der Waals surface area contributed by atoms with Crippen molar-refractivity contribution >= 4 is 41.5 Å². The van der Waals surface area contributed by atoms with Crippen LogP contribution in [0.25, 0.3) is 0 Å². The predicted octanol–water partition coefficient (Wildman–Crippen LogP) is -1.62. The second kappa shape index (κ2) is 21.4. The van der Waals surface area contributed by atoms with E-state index in [2.05, 4.69) is 31.6 Å². The van der Waals surface area contributed by atoms with Crippen LogP contribution in [-0.2, 0) is 41.6 Å². The van der Waals surface area contributed by atoms with E-state index in [4.69, 9.17) is 17.2 Å². The lowest BCUT2D eigenvalue weighted by Crippen LogP contribution is -2.57. The van der Waals surface area contributed by atoms with Crippen LogP contribution in [0.5, 0.6) is 5.75 Å². The summed E-state index contributed by atoms with van der Waals surface area (Å²) in [4.78, 5) is 80.2. The molecule has 51 heavy (non-hydrogen) atoms. The van der Waals surface area contributed by atoms with E-state index in [1.165, 1.54) is 12.1 Å². The molecule has 0 saturated heterocycles. The molecule has 17 heteroatoms. The third-order valence-corrected chi connectivity index (χ3v) is 7.43. The number of nitrogens with two attached hydrogens (primary N) is 3. The molecule has 4 atom stereocenters. The molecule has 0 unspecified atom stereocenters. The first-order chi connectivity index (χ1) is 24.1. The van der Waals surface area contributed by atoms with E-state index in [1.807, 2.05) is 13.8 Å². The van der Waals surface area contributed by atoms with E-state index in [0.29, 0.717) is 11.1 Å². The lowest BCUT2D eigenvalue weighted by atomic mass is 10.0. The third-order valence-electron chi connectivity index (χ3n) is 7.43. The Labute approximate surface area is 296 Å². The highest BCUT2D eigenvalue weighted by molar-refractivity contribution is 5.94. The molecule has 2 rings (SSSR count). The van der Waals surface area contributed by atoms with Gasteiger partial charge in [-0.3, -0.25) is 29.0 Å². The Kier molecular flexibility index (Phi) is 17.4. The van der Waals surface area contributed by atoms with Crippen molar-refractivity contribution in [1.29, 1.82) is 0 Å².